The van der Waals surface area contributed by atoms with Crippen LogP contribution in [0.15, 0.2) is 91.0 Å². The highest BCUT2D eigenvalue weighted by Gasteiger charge is 2.47. The predicted molar refractivity (Wildman–Crippen MR) is 167 cm³/mol. The van der Waals surface area contributed by atoms with Crippen molar-refractivity contribution in [2.75, 3.05) is 0 Å². The third-order valence-electron chi connectivity index (χ3n) is 8.13. The average Bonchev–Trinajstić information content (AvgIpc) is 3.33. The topological polar surface area (TPSA) is 72.9 Å². The Morgan fingerprint density at radius 3 is 2.14 bits per heavy atom. The minimum Gasteiger partial charge on any atom is -0.489 e. The summed E-state index contributed by atoms with van der Waals surface area (Å²) in [5.41, 5.74) is -1.18. The van der Waals surface area contributed by atoms with Crippen LogP contribution in [0.1, 0.15) is 54.0 Å². The number of carbonyl (C=O) groups is 3. The van der Waals surface area contributed by atoms with Crippen molar-refractivity contribution in [1.29, 1.82) is 0 Å². The number of benzene rings is 4. The van der Waals surface area contributed by atoms with Gasteiger partial charge in [-0.05, 0) is 71.0 Å². The van der Waals surface area contributed by atoms with E-state index in [1.54, 1.807) is 44.2 Å². The molecule has 6 nitrogen and oxygen atoms in total. The molecule has 2 atom stereocenters. The Labute approximate surface area is 282 Å². The third kappa shape index (κ3) is 8.32. The smallest absolute Gasteiger partial charge is 0.425 e. The van der Waals surface area contributed by atoms with Crippen LogP contribution in [0.3, 0.4) is 0 Å². The number of esters is 1. The number of imide groups is 1. The van der Waals surface area contributed by atoms with Crippen molar-refractivity contribution in [3.05, 3.63) is 125 Å². The monoisotopic (exact) mass is 701 g/mol. The fourth-order valence-electron chi connectivity index (χ4n) is 5.73. The van der Waals surface area contributed by atoms with Gasteiger partial charge < -0.3 is 9.47 Å². The van der Waals surface area contributed by atoms with E-state index in [9.17, 15) is 45.1 Å². The van der Waals surface area contributed by atoms with E-state index in [4.69, 9.17) is 9.47 Å². The summed E-state index contributed by atoms with van der Waals surface area (Å²) < 4.78 is 105. The van der Waals surface area contributed by atoms with E-state index < -0.39 is 71.4 Å². The third-order valence-corrected chi connectivity index (χ3v) is 8.13. The van der Waals surface area contributed by atoms with Gasteiger partial charge in [0.1, 0.15) is 24.2 Å². The number of carbonyl (C=O) groups excluding carboxylic acids is 3. The summed E-state index contributed by atoms with van der Waals surface area (Å²) in [6.07, 6.45) is -10.6. The number of ether oxygens (including phenoxy) is 2. The van der Waals surface area contributed by atoms with Crippen molar-refractivity contribution >= 4 is 18.0 Å². The molecule has 2 amide bonds. The van der Waals surface area contributed by atoms with Gasteiger partial charge in [-0.25, -0.2) is 18.9 Å². The maximum atomic E-state index is 14.3. The zero-order chi connectivity index (χ0) is 36.4. The Morgan fingerprint density at radius 1 is 0.840 bits per heavy atom. The van der Waals surface area contributed by atoms with Crippen LogP contribution >= 0.6 is 0 Å². The first-order valence-electron chi connectivity index (χ1n) is 15.4. The Kier molecular flexibility index (Phi) is 10.4. The summed E-state index contributed by atoms with van der Waals surface area (Å²) in [5.74, 6) is -4.16. The van der Waals surface area contributed by atoms with E-state index in [1.165, 1.54) is 30.3 Å². The van der Waals surface area contributed by atoms with Crippen LogP contribution in [0.25, 0.3) is 11.1 Å². The van der Waals surface area contributed by atoms with Crippen LogP contribution < -0.4 is 4.74 Å². The molecule has 1 saturated heterocycles. The first kappa shape index (κ1) is 36.1. The van der Waals surface area contributed by atoms with Gasteiger partial charge in [-0.15, -0.1) is 0 Å². The van der Waals surface area contributed by atoms with Crippen molar-refractivity contribution in [2.45, 2.75) is 57.6 Å². The molecule has 0 radical (unpaired) electrons. The van der Waals surface area contributed by atoms with Gasteiger partial charge in [-0.1, -0.05) is 68.4 Å². The molecule has 50 heavy (non-hydrogen) atoms. The Balaban J connectivity index is 1.57. The molecule has 5 rings (SSSR count). The van der Waals surface area contributed by atoms with E-state index >= 15 is 0 Å². The second-order valence-corrected chi connectivity index (χ2v) is 12.2. The number of nitrogens with zero attached hydrogens (tertiary/aromatic N) is 1. The molecule has 0 bridgehead atoms. The van der Waals surface area contributed by atoms with Gasteiger partial charge in [0.15, 0.2) is 0 Å². The number of rotatable bonds is 10. The fourth-order valence-corrected chi connectivity index (χ4v) is 5.73. The number of alkyl halides is 6. The number of hydrogen-bond acceptors (Lipinski definition) is 5. The highest BCUT2D eigenvalue weighted by molar-refractivity contribution is 6.07. The van der Waals surface area contributed by atoms with E-state index in [0.717, 1.165) is 29.2 Å². The highest BCUT2D eigenvalue weighted by atomic mass is 19.4. The van der Waals surface area contributed by atoms with Gasteiger partial charge in [0.05, 0.1) is 17.0 Å². The molecule has 1 fully saturated rings. The molecular weight excluding hydrogens is 671 g/mol. The number of hydrogen-bond donors (Lipinski definition) is 0. The molecule has 0 N–H and O–H groups in total. The van der Waals surface area contributed by atoms with Gasteiger partial charge in [0.25, 0.3) is 0 Å². The van der Waals surface area contributed by atoms with Crippen molar-refractivity contribution in [3.8, 4) is 16.9 Å². The Morgan fingerprint density at radius 2 is 1.52 bits per heavy atom. The molecule has 1 heterocycles. The summed E-state index contributed by atoms with van der Waals surface area (Å²) >= 11 is 0. The van der Waals surface area contributed by atoms with E-state index in [1.807, 2.05) is 0 Å². The molecule has 0 aromatic heterocycles. The molecule has 0 saturated carbocycles. The van der Waals surface area contributed by atoms with Crippen LogP contribution in [-0.2, 0) is 39.7 Å². The molecule has 13 heteroatoms. The Hall–Kier alpha value is -5.20. The van der Waals surface area contributed by atoms with Gasteiger partial charge in [-0.2, -0.15) is 26.3 Å². The SMILES string of the molecule is CC(C)CC(C(=O)N1C(=O)OC(=O)C1Cc1ccccc1)c1cc(OCc2ccc(F)cc2C(F)(F)F)cc(-c2ccc(C(F)(F)F)cc2)c1. The summed E-state index contributed by atoms with van der Waals surface area (Å²) in [6, 6.07) is 17.8. The lowest BCUT2D eigenvalue weighted by atomic mass is 9.86. The lowest BCUT2D eigenvalue weighted by Gasteiger charge is -2.26. The number of cyclic esters (lactones) is 2. The molecule has 2 unspecified atom stereocenters. The van der Waals surface area contributed by atoms with Crippen molar-refractivity contribution in [2.24, 2.45) is 5.92 Å². The molecule has 4 aromatic rings. The molecular formula is C37H30F7NO5. The standard InChI is InChI=1S/C37H30F7NO5/c1-21(2)14-30(33(46)45-32(34(47)50-35(45)48)15-22-6-4-3-5-7-22)26-16-25(23-8-11-27(12-9-23)36(39,40)41)17-29(18-26)49-20-24-10-13-28(38)19-31(24)37(42,43)44/h3-13,16-19,21,30,32H,14-15,20H2,1-2H3. The van der Waals surface area contributed by atoms with Gasteiger partial charge in [0.2, 0.25) is 5.91 Å². The summed E-state index contributed by atoms with van der Waals surface area (Å²) in [6.45, 7) is 2.93. The molecule has 4 aromatic carbocycles. The first-order chi connectivity index (χ1) is 23.5. The highest BCUT2D eigenvalue weighted by Crippen LogP contribution is 2.38. The molecule has 0 aliphatic carbocycles. The fraction of sp³-hybridized carbons (Fsp3) is 0.270. The normalized spacial score (nSPS) is 15.7. The van der Waals surface area contributed by atoms with Crippen molar-refractivity contribution in [3.63, 3.8) is 0 Å². The van der Waals surface area contributed by atoms with Crippen LogP contribution in [-0.4, -0.2) is 28.9 Å². The van der Waals surface area contributed by atoms with Crippen molar-refractivity contribution < 1.29 is 54.6 Å². The zero-order valence-electron chi connectivity index (χ0n) is 26.6. The van der Waals surface area contributed by atoms with Crippen LogP contribution in [0.4, 0.5) is 35.5 Å². The van der Waals surface area contributed by atoms with Crippen LogP contribution in [0.5, 0.6) is 5.75 Å². The van der Waals surface area contributed by atoms with Gasteiger partial charge in [0, 0.05) is 12.0 Å². The molecule has 262 valence electrons. The van der Waals surface area contributed by atoms with Crippen LogP contribution in [0.2, 0.25) is 0 Å². The summed E-state index contributed by atoms with van der Waals surface area (Å²) in [5, 5.41) is 0. The molecule has 0 spiro atoms. The lowest BCUT2D eigenvalue weighted by Crippen LogP contribution is -2.44. The van der Waals surface area contributed by atoms with E-state index in [-0.39, 0.29) is 41.2 Å². The minimum atomic E-state index is -4.90. The first-order valence-corrected chi connectivity index (χ1v) is 15.4. The molecule has 1 aliphatic heterocycles. The second-order valence-electron chi connectivity index (χ2n) is 12.2. The van der Waals surface area contributed by atoms with Crippen LogP contribution in [0, 0.1) is 11.7 Å². The average molecular weight is 702 g/mol. The summed E-state index contributed by atoms with van der Waals surface area (Å²) in [7, 11) is 0. The number of halogens is 7. The minimum absolute atomic E-state index is 0.0231. The van der Waals surface area contributed by atoms with E-state index in [0.29, 0.717) is 11.6 Å². The maximum absolute atomic E-state index is 14.3. The summed E-state index contributed by atoms with van der Waals surface area (Å²) in [4.78, 5) is 40.7. The van der Waals surface area contributed by atoms with Gasteiger partial charge in [-0.3, -0.25) is 4.79 Å². The maximum Gasteiger partial charge on any atom is 0.425 e. The molecule has 1 aliphatic rings. The largest absolute Gasteiger partial charge is 0.489 e. The second kappa shape index (κ2) is 14.3. The lowest BCUT2D eigenvalue weighted by molar-refractivity contribution is -0.139. The Bertz CT molecular complexity index is 1870. The predicted octanol–water partition coefficient (Wildman–Crippen LogP) is 9.36. The number of amides is 2. The quantitative estimate of drug-likeness (QED) is 0.0937. The van der Waals surface area contributed by atoms with Crippen molar-refractivity contribution in [1.82, 2.24) is 4.90 Å². The van der Waals surface area contributed by atoms with E-state index in [2.05, 4.69) is 0 Å². The zero-order valence-corrected chi connectivity index (χ0v) is 26.6. The van der Waals surface area contributed by atoms with Gasteiger partial charge >= 0.3 is 24.4 Å².